The summed E-state index contributed by atoms with van der Waals surface area (Å²) in [5, 5.41) is 16.9. The van der Waals surface area contributed by atoms with Gasteiger partial charge in [-0.3, -0.25) is 9.59 Å². The zero-order valence-electron chi connectivity index (χ0n) is 8.39. The summed E-state index contributed by atoms with van der Waals surface area (Å²) >= 11 is 0. The van der Waals surface area contributed by atoms with Gasteiger partial charge < -0.3 is 14.8 Å². The molecule has 0 saturated heterocycles. The van der Waals surface area contributed by atoms with E-state index >= 15 is 0 Å². The van der Waals surface area contributed by atoms with Crippen LogP contribution in [0.1, 0.15) is 12.8 Å². The van der Waals surface area contributed by atoms with Crippen molar-refractivity contribution < 1.29 is 24.4 Å². The lowest BCUT2D eigenvalue weighted by atomic mass is 10.5. The molecule has 0 aromatic heterocycles. The molecule has 0 heterocycles. The van der Waals surface area contributed by atoms with Crippen molar-refractivity contribution in [2.75, 3.05) is 18.5 Å². The molecule has 6 heteroatoms. The van der Waals surface area contributed by atoms with E-state index in [9.17, 15) is 14.2 Å². The maximum absolute atomic E-state index is 12.0. The van der Waals surface area contributed by atoms with E-state index < -0.39 is 19.1 Å². The molecule has 0 aliphatic rings. The van der Waals surface area contributed by atoms with Crippen LogP contribution in [0.4, 0.5) is 0 Å². The summed E-state index contributed by atoms with van der Waals surface area (Å²) in [5.41, 5.74) is 0. The molecule has 0 spiro atoms. The highest BCUT2D eigenvalue weighted by Crippen LogP contribution is 2.46. The molecule has 0 atom stereocenters. The minimum absolute atomic E-state index is 0.0433. The van der Waals surface area contributed by atoms with E-state index in [1.165, 1.54) is 6.08 Å². The lowest BCUT2D eigenvalue weighted by Crippen LogP contribution is -2.07. The van der Waals surface area contributed by atoms with Crippen molar-refractivity contribution in [3.8, 4) is 0 Å². The van der Waals surface area contributed by atoms with Gasteiger partial charge in [0.25, 0.3) is 0 Å². The van der Waals surface area contributed by atoms with Gasteiger partial charge in [0.1, 0.15) is 0 Å². The van der Waals surface area contributed by atoms with E-state index in [1.54, 1.807) is 0 Å². The van der Waals surface area contributed by atoms with Gasteiger partial charge in [0.05, 0.1) is 20.0 Å². The summed E-state index contributed by atoms with van der Waals surface area (Å²) in [6, 6.07) is 0. The molecule has 86 valence electrons. The van der Waals surface area contributed by atoms with Gasteiger partial charge in [-0.2, -0.15) is 0 Å². The van der Waals surface area contributed by atoms with Crippen LogP contribution in [0.25, 0.3) is 0 Å². The van der Waals surface area contributed by atoms with Crippen molar-refractivity contribution >= 4 is 19.1 Å². The Morgan fingerprint density at radius 1 is 1.13 bits per heavy atom. The first-order valence-electron chi connectivity index (χ1n) is 4.51. The zero-order chi connectivity index (χ0) is 11.9. The third kappa shape index (κ3) is 6.91. The van der Waals surface area contributed by atoms with Gasteiger partial charge in [0, 0.05) is 18.5 Å². The van der Waals surface area contributed by atoms with Crippen LogP contribution < -0.4 is 0 Å². The van der Waals surface area contributed by atoms with Crippen LogP contribution in [-0.4, -0.2) is 40.6 Å². The number of hydrogen-bond acceptors (Lipinski definition) is 3. The molecule has 0 aliphatic heterocycles. The van der Waals surface area contributed by atoms with Crippen molar-refractivity contribution in [2.45, 2.75) is 12.8 Å². The number of carboxylic acids is 2. The van der Waals surface area contributed by atoms with Gasteiger partial charge in [0.15, 0.2) is 0 Å². The predicted molar refractivity (Wildman–Crippen MR) is 56.9 cm³/mol. The van der Waals surface area contributed by atoms with E-state index in [4.69, 9.17) is 10.2 Å². The average Bonchev–Trinajstić information content (AvgIpc) is 2.13. The Balaban J connectivity index is 4.30. The first kappa shape index (κ1) is 13.9. The third-order valence-corrected chi connectivity index (χ3v) is 4.93. The Bertz CT molecular complexity index is 275. The zero-order valence-corrected chi connectivity index (χ0v) is 9.28. The maximum atomic E-state index is 12.0. The largest absolute Gasteiger partial charge is 0.481 e. The fraction of sp³-hybridized carbons (Fsp3) is 0.556. The summed E-state index contributed by atoms with van der Waals surface area (Å²) in [6.07, 6.45) is 1.36. The molecule has 0 unspecified atom stereocenters. The molecule has 0 radical (unpaired) electrons. The highest BCUT2D eigenvalue weighted by Gasteiger charge is 2.22. The number of allylic oxidation sites excluding steroid dienone is 1. The first-order valence-corrected chi connectivity index (χ1v) is 6.77. The Morgan fingerprint density at radius 2 is 1.53 bits per heavy atom. The average molecular weight is 234 g/mol. The normalized spacial score (nSPS) is 10.9. The molecule has 0 aromatic rings. The van der Waals surface area contributed by atoms with Crippen LogP contribution in [0.15, 0.2) is 12.7 Å². The molecular formula is C9H15O5P. The predicted octanol–water partition coefficient (Wildman–Crippen LogP) is 1.48. The van der Waals surface area contributed by atoms with Gasteiger partial charge in [-0.05, 0) is 0 Å². The minimum Gasteiger partial charge on any atom is -0.481 e. The molecule has 0 bridgehead atoms. The Morgan fingerprint density at radius 3 is 1.80 bits per heavy atom. The number of carbonyl (C=O) groups is 2. The van der Waals surface area contributed by atoms with E-state index in [2.05, 4.69) is 6.58 Å². The topological polar surface area (TPSA) is 91.7 Å². The molecule has 0 aromatic carbocycles. The Labute approximate surface area is 88.2 Å². The number of hydrogen-bond donors (Lipinski definition) is 2. The monoisotopic (exact) mass is 234 g/mol. The molecule has 0 aliphatic carbocycles. The van der Waals surface area contributed by atoms with Crippen molar-refractivity contribution in [2.24, 2.45) is 0 Å². The fourth-order valence-corrected chi connectivity index (χ4v) is 3.39. The van der Waals surface area contributed by atoms with Crippen LogP contribution in [0.2, 0.25) is 0 Å². The van der Waals surface area contributed by atoms with Gasteiger partial charge in [-0.1, -0.05) is 6.08 Å². The van der Waals surface area contributed by atoms with Crippen molar-refractivity contribution in [1.82, 2.24) is 0 Å². The van der Waals surface area contributed by atoms with Crippen molar-refractivity contribution in [3.05, 3.63) is 12.7 Å². The molecular weight excluding hydrogens is 219 g/mol. The molecule has 0 amide bonds. The number of carboxylic acid groups (broad SMARTS) is 2. The molecule has 15 heavy (non-hydrogen) atoms. The lowest BCUT2D eigenvalue weighted by Gasteiger charge is -2.14. The standard InChI is InChI=1S/C9H15O5P/c1-2-5-15(14,6-3-8(10)11)7-4-9(12)13/h2H,1,3-7H2,(H,10,11)(H,12,13). The molecule has 0 rings (SSSR count). The summed E-state index contributed by atoms with van der Waals surface area (Å²) < 4.78 is 12.0. The quantitative estimate of drug-likeness (QED) is 0.490. The van der Waals surface area contributed by atoms with Crippen molar-refractivity contribution in [3.63, 3.8) is 0 Å². The second-order valence-electron chi connectivity index (χ2n) is 3.26. The molecule has 0 fully saturated rings. The second kappa shape index (κ2) is 6.40. The number of rotatable bonds is 8. The highest BCUT2D eigenvalue weighted by molar-refractivity contribution is 7.64. The van der Waals surface area contributed by atoms with E-state index in [1.807, 2.05) is 0 Å². The van der Waals surface area contributed by atoms with Gasteiger partial charge in [-0.15, -0.1) is 6.58 Å². The van der Waals surface area contributed by atoms with Gasteiger partial charge in [0.2, 0.25) is 0 Å². The van der Waals surface area contributed by atoms with Gasteiger partial charge >= 0.3 is 11.9 Å². The summed E-state index contributed by atoms with van der Waals surface area (Å²) in [6.45, 7) is 3.43. The molecule has 2 N–H and O–H groups in total. The van der Waals surface area contributed by atoms with Gasteiger partial charge in [-0.25, -0.2) is 0 Å². The van der Waals surface area contributed by atoms with Crippen LogP contribution in [0.5, 0.6) is 0 Å². The van der Waals surface area contributed by atoms with Crippen LogP contribution in [0.3, 0.4) is 0 Å². The molecule has 0 saturated carbocycles. The molecule has 5 nitrogen and oxygen atoms in total. The van der Waals surface area contributed by atoms with E-state index in [0.29, 0.717) is 0 Å². The fourth-order valence-electron chi connectivity index (χ4n) is 1.13. The van der Waals surface area contributed by atoms with Crippen molar-refractivity contribution in [1.29, 1.82) is 0 Å². The van der Waals surface area contributed by atoms with Crippen LogP contribution in [0, 0.1) is 0 Å². The first-order chi connectivity index (χ1) is 6.89. The Kier molecular flexibility index (Phi) is 5.94. The lowest BCUT2D eigenvalue weighted by molar-refractivity contribution is -0.137. The third-order valence-electron chi connectivity index (χ3n) is 1.93. The van der Waals surface area contributed by atoms with E-state index in [-0.39, 0.29) is 31.3 Å². The van der Waals surface area contributed by atoms with E-state index in [0.717, 1.165) is 0 Å². The Hall–Kier alpha value is -1.09. The van der Waals surface area contributed by atoms with Crippen LogP contribution >= 0.6 is 7.14 Å². The summed E-state index contributed by atoms with van der Waals surface area (Å²) in [4.78, 5) is 20.7. The highest BCUT2D eigenvalue weighted by atomic mass is 31.2. The SMILES string of the molecule is C=CCP(=O)(CCC(=O)O)CCC(=O)O. The minimum atomic E-state index is -2.71. The summed E-state index contributed by atoms with van der Waals surface area (Å²) in [7, 11) is -2.71. The number of aliphatic carboxylic acids is 2. The maximum Gasteiger partial charge on any atom is 0.303 e. The van der Waals surface area contributed by atoms with Crippen LogP contribution in [-0.2, 0) is 14.2 Å². The smallest absolute Gasteiger partial charge is 0.303 e. The summed E-state index contributed by atoms with van der Waals surface area (Å²) in [5.74, 6) is -2.04. The second-order valence-corrected chi connectivity index (χ2v) is 6.64.